The van der Waals surface area contributed by atoms with E-state index in [9.17, 15) is 19.2 Å². The number of hydrogen-bond donors (Lipinski definition) is 4. The third-order valence-electron chi connectivity index (χ3n) is 10.5. The van der Waals surface area contributed by atoms with E-state index in [2.05, 4.69) is 30.6 Å². The number of carbonyl (C=O) groups is 4. The fourth-order valence-electron chi connectivity index (χ4n) is 7.48. The van der Waals surface area contributed by atoms with Crippen molar-refractivity contribution in [1.82, 2.24) is 40.4 Å². The lowest BCUT2D eigenvalue weighted by Gasteiger charge is -2.30. The maximum absolute atomic E-state index is 13.5. The minimum absolute atomic E-state index is 0.110. The molecule has 1 aromatic carbocycles. The third-order valence-corrected chi connectivity index (χ3v) is 10.5. The van der Waals surface area contributed by atoms with Gasteiger partial charge in [-0.05, 0) is 48.6 Å². The van der Waals surface area contributed by atoms with Crippen LogP contribution in [0.15, 0.2) is 36.7 Å². The minimum Gasteiger partial charge on any atom is -0.453 e. The van der Waals surface area contributed by atoms with Gasteiger partial charge in [-0.15, -0.1) is 0 Å². The number of rotatable bonds is 11. The van der Waals surface area contributed by atoms with Gasteiger partial charge in [-0.1, -0.05) is 52.0 Å². The molecule has 3 aliphatic rings. The van der Waals surface area contributed by atoms with E-state index in [0.29, 0.717) is 38.0 Å². The Balaban J connectivity index is 1.04. The molecule has 3 fully saturated rings. The monoisotopic (exact) mass is 748 g/mol. The van der Waals surface area contributed by atoms with Crippen LogP contribution < -0.4 is 10.6 Å². The Bertz CT molecular complexity index is 1770. The fraction of sp³-hybridized carbons (Fsp3) is 0.579. The van der Waals surface area contributed by atoms with Crippen molar-refractivity contribution in [3.63, 3.8) is 0 Å². The van der Waals surface area contributed by atoms with Gasteiger partial charge in [-0.3, -0.25) is 9.59 Å². The van der Waals surface area contributed by atoms with Crippen molar-refractivity contribution >= 4 is 24.0 Å². The zero-order valence-corrected chi connectivity index (χ0v) is 31.8. The van der Waals surface area contributed by atoms with Gasteiger partial charge in [0.15, 0.2) is 0 Å². The predicted molar refractivity (Wildman–Crippen MR) is 196 cm³/mol. The first-order chi connectivity index (χ1) is 26.0. The molecular formula is C38H52N8O8. The molecule has 2 unspecified atom stereocenters. The van der Waals surface area contributed by atoms with Crippen LogP contribution in [0.4, 0.5) is 9.59 Å². The standard InChI is InChI=1S/C38H52N8O8/c1-21(2)31(43-37(49)51-5)35(47)45-15-7-9-27(45)33-39-17-25(41-33)23-11-13-24(14-12-23)29-19-54-30(20-53-29)26-18-40-34(42-26)28-10-8-16-46(28)36(48)32(22(3)4)44-38(50)52-6/h11-14,17-18,21-22,27-32H,7-10,15-16,19-20H2,1-6H3,(H,39,41)(H,40,42)(H,43,49)(H,44,50)/t27-,28-,29?,30?,31-,32-/m0/s1. The number of aromatic amines is 2. The van der Waals surface area contributed by atoms with E-state index in [1.807, 2.05) is 52.0 Å². The van der Waals surface area contributed by atoms with Crippen molar-refractivity contribution in [2.45, 2.75) is 89.8 Å². The molecule has 4 N–H and O–H groups in total. The molecule has 16 nitrogen and oxygen atoms in total. The van der Waals surface area contributed by atoms with Crippen LogP contribution in [-0.4, -0.2) is 106 Å². The molecular weight excluding hydrogens is 696 g/mol. The van der Waals surface area contributed by atoms with Crippen LogP contribution in [0.1, 0.15) is 101 Å². The Hall–Kier alpha value is -4.96. The second-order valence-electron chi connectivity index (χ2n) is 14.8. The van der Waals surface area contributed by atoms with Gasteiger partial charge in [-0.25, -0.2) is 19.6 Å². The number of aromatic nitrogens is 4. The molecule has 3 aliphatic heterocycles. The van der Waals surface area contributed by atoms with Crippen LogP contribution >= 0.6 is 0 Å². The Morgan fingerprint density at radius 2 is 1.24 bits per heavy atom. The van der Waals surface area contributed by atoms with E-state index in [0.717, 1.165) is 48.2 Å². The number of nitrogens with one attached hydrogen (secondary N) is 4. The molecule has 0 bridgehead atoms. The maximum Gasteiger partial charge on any atom is 0.407 e. The van der Waals surface area contributed by atoms with Gasteiger partial charge in [0.1, 0.15) is 35.9 Å². The van der Waals surface area contributed by atoms with Crippen LogP contribution in [-0.2, 0) is 28.5 Å². The second kappa shape index (κ2) is 17.0. The van der Waals surface area contributed by atoms with Gasteiger partial charge >= 0.3 is 12.2 Å². The summed E-state index contributed by atoms with van der Waals surface area (Å²) in [4.78, 5) is 70.5. The number of H-pyrrole nitrogens is 2. The summed E-state index contributed by atoms with van der Waals surface area (Å²) in [5, 5.41) is 5.37. The molecule has 54 heavy (non-hydrogen) atoms. The van der Waals surface area contributed by atoms with Gasteiger partial charge in [0.2, 0.25) is 11.8 Å². The molecule has 2 aromatic heterocycles. The average molecular weight is 749 g/mol. The van der Waals surface area contributed by atoms with Crippen LogP contribution in [0.2, 0.25) is 0 Å². The lowest BCUT2D eigenvalue weighted by molar-refractivity contribution is -0.138. The molecule has 0 radical (unpaired) electrons. The molecule has 3 saturated heterocycles. The number of imidazole rings is 2. The van der Waals surface area contributed by atoms with Crippen LogP contribution in [0.3, 0.4) is 0 Å². The number of alkyl carbamates (subject to hydrolysis) is 2. The SMILES string of the molecule is COC(=O)N[C@H](C(=O)N1CCC[C@H]1c1ncc(-c2ccc(C3COC(c4cnc([C@@H]5CCCN5C(=O)[C@@H](NC(=O)OC)C(C)C)[nH]4)CO3)cc2)[nH]1)C(C)C. The van der Waals surface area contributed by atoms with E-state index in [1.165, 1.54) is 14.2 Å². The van der Waals surface area contributed by atoms with E-state index >= 15 is 0 Å². The first-order valence-corrected chi connectivity index (χ1v) is 18.7. The molecule has 0 saturated carbocycles. The Morgan fingerprint density at radius 3 is 1.74 bits per heavy atom. The van der Waals surface area contributed by atoms with Gasteiger partial charge in [0.25, 0.3) is 0 Å². The Labute approximate surface area is 315 Å². The van der Waals surface area contributed by atoms with Gasteiger partial charge in [-0.2, -0.15) is 0 Å². The van der Waals surface area contributed by atoms with E-state index in [4.69, 9.17) is 18.9 Å². The minimum atomic E-state index is -0.701. The summed E-state index contributed by atoms with van der Waals surface area (Å²) in [5.41, 5.74) is 3.54. The molecule has 6 rings (SSSR count). The van der Waals surface area contributed by atoms with Gasteiger partial charge in [0.05, 0.1) is 63.3 Å². The van der Waals surface area contributed by atoms with E-state index in [1.54, 1.807) is 22.2 Å². The van der Waals surface area contributed by atoms with Crippen molar-refractivity contribution in [1.29, 1.82) is 0 Å². The smallest absolute Gasteiger partial charge is 0.407 e. The number of benzene rings is 1. The first-order valence-electron chi connectivity index (χ1n) is 18.7. The summed E-state index contributed by atoms with van der Waals surface area (Å²) in [6, 6.07) is 6.20. The lowest BCUT2D eigenvalue weighted by atomic mass is 10.0. The summed E-state index contributed by atoms with van der Waals surface area (Å²) in [5.74, 6) is 0.857. The predicted octanol–water partition coefficient (Wildman–Crippen LogP) is 4.72. The van der Waals surface area contributed by atoms with Crippen molar-refractivity contribution in [3.05, 3.63) is 59.6 Å². The fourth-order valence-corrected chi connectivity index (χ4v) is 7.48. The molecule has 4 amide bonds. The zero-order chi connectivity index (χ0) is 38.5. The molecule has 292 valence electrons. The summed E-state index contributed by atoms with van der Waals surface area (Å²) < 4.78 is 22.0. The molecule has 0 spiro atoms. The summed E-state index contributed by atoms with van der Waals surface area (Å²) in [6.07, 6.45) is 4.87. The third kappa shape index (κ3) is 8.39. The Kier molecular flexibility index (Phi) is 12.2. The normalized spacial score (nSPS) is 22.7. The van der Waals surface area contributed by atoms with Crippen LogP contribution in [0, 0.1) is 11.8 Å². The number of likely N-dealkylation sites (tertiary alicyclic amines) is 2. The topological polar surface area (TPSA) is 193 Å². The van der Waals surface area contributed by atoms with Crippen molar-refractivity contribution in [2.75, 3.05) is 40.5 Å². The zero-order valence-electron chi connectivity index (χ0n) is 31.8. The first kappa shape index (κ1) is 38.8. The highest BCUT2D eigenvalue weighted by Gasteiger charge is 2.39. The maximum atomic E-state index is 13.5. The van der Waals surface area contributed by atoms with Crippen LogP contribution in [0.5, 0.6) is 0 Å². The number of carbonyl (C=O) groups excluding carboxylic acids is 4. The average Bonchev–Trinajstić information content (AvgIpc) is 4.02. The van der Waals surface area contributed by atoms with Crippen LogP contribution in [0.25, 0.3) is 11.3 Å². The summed E-state index contributed by atoms with van der Waals surface area (Å²) in [6.45, 7) is 9.41. The second-order valence-corrected chi connectivity index (χ2v) is 14.8. The molecule has 0 aliphatic carbocycles. The number of ether oxygens (including phenoxy) is 4. The number of nitrogens with zero attached hydrogens (tertiary/aromatic N) is 4. The van der Waals surface area contributed by atoms with E-state index < -0.39 is 24.3 Å². The number of amides is 4. The quantitative estimate of drug-likeness (QED) is 0.213. The molecule has 6 atom stereocenters. The van der Waals surface area contributed by atoms with Crippen molar-refractivity contribution in [3.8, 4) is 11.3 Å². The van der Waals surface area contributed by atoms with Gasteiger partial charge < -0.3 is 49.3 Å². The molecule has 3 aromatic rings. The van der Waals surface area contributed by atoms with E-state index in [-0.39, 0.29) is 47.9 Å². The van der Waals surface area contributed by atoms with Crippen molar-refractivity contribution < 1.29 is 38.1 Å². The number of methoxy groups -OCH3 is 2. The Morgan fingerprint density at radius 1 is 0.741 bits per heavy atom. The lowest BCUT2D eigenvalue weighted by Crippen LogP contribution is -2.51. The largest absolute Gasteiger partial charge is 0.453 e. The highest BCUT2D eigenvalue weighted by molar-refractivity contribution is 5.87. The van der Waals surface area contributed by atoms with Crippen molar-refractivity contribution in [2.24, 2.45) is 11.8 Å². The number of hydrogen-bond acceptors (Lipinski definition) is 10. The van der Waals surface area contributed by atoms with Gasteiger partial charge in [0, 0.05) is 13.1 Å². The summed E-state index contributed by atoms with van der Waals surface area (Å²) in [7, 11) is 2.56. The summed E-state index contributed by atoms with van der Waals surface area (Å²) >= 11 is 0. The highest BCUT2D eigenvalue weighted by atomic mass is 16.6. The molecule has 16 heteroatoms. The highest BCUT2D eigenvalue weighted by Crippen LogP contribution is 2.36. The molecule has 5 heterocycles.